The van der Waals surface area contributed by atoms with Gasteiger partial charge in [-0.15, -0.1) is 5.10 Å². The Labute approximate surface area is 159 Å². The van der Waals surface area contributed by atoms with E-state index in [1.807, 2.05) is 0 Å². The normalized spacial score (nSPS) is 12.1. The van der Waals surface area contributed by atoms with E-state index < -0.39 is 35.1 Å². The summed E-state index contributed by atoms with van der Waals surface area (Å²) >= 11 is 0. The molecule has 0 aliphatic carbocycles. The molecule has 0 saturated carbocycles. The van der Waals surface area contributed by atoms with Crippen LogP contribution in [0.3, 0.4) is 0 Å². The largest absolute Gasteiger partial charge is 0.416 e. The lowest BCUT2D eigenvalue weighted by atomic mass is 10.1. The summed E-state index contributed by atoms with van der Waals surface area (Å²) in [5.41, 5.74) is -2.52. The minimum absolute atomic E-state index is 0.00657. The number of halogens is 6. The van der Waals surface area contributed by atoms with E-state index in [4.69, 9.17) is 0 Å². The van der Waals surface area contributed by atoms with Gasteiger partial charge in [0.15, 0.2) is 0 Å². The summed E-state index contributed by atoms with van der Waals surface area (Å²) in [6, 6.07) is 7.22. The van der Waals surface area contributed by atoms with Gasteiger partial charge in [-0.25, -0.2) is 4.68 Å². The number of nitrogens with one attached hydrogen (secondary N) is 1. The predicted octanol–water partition coefficient (Wildman–Crippen LogP) is 3.88. The first-order valence-electron chi connectivity index (χ1n) is 7.94. The molecule has 1 aromatic heterocycles. The van der Waals surface area contributed by atoms with Crippen molar-refractivity contribution in [2.45, 2.75) is 18.8 Å². The second kappa shape index (κ2) is 7.53. The van der Waals surface area contributed by atoms with Crippen molar-refractivity contribution >= 4 is 11.6 Å². The fraction of sp³-hybridized carbons (Fsp3) is 0.176. The Hall–Kier alpha value is -3.44. The highest BCUT2D eigenvalue weighted by Crippen LogP contribution is 2.37. The number of anilines is 1. The van der Waals surface area contributed by atoms with Gasteiger partial charge in [-0.05, 0) is 46.3 Å². The third-order valence-electron chi connectivity index (χ3n) is 3.79. The zero-order chi connectivity index (χ0) is 21.2. The lowest BCUT2D eigenvalue weighted by Crippen LogP contribution is -2.17. The molecule has 3 rings (SSSR count). The Kier molecular flexibility index (Phi) is 5.27. The first-order chi connectivity index (χ1) is 13.5. The van der Waals surface area contributed by atoms with Crippen LogP contribution in [0.25, 0.3) is 5.69 Å². The number of nitrogens with zero attached hydrogens (tertiary/aromatic N) is 4. The van der Waals surface area contributed by atoms with Crippen LogP contribution < -0.4 is 5.32 Å². The second-order valence-electron chi connectivity index (χ2n) is 5.94. The van der Waals surface area contributed by atoms with Gasteiger partial charge in [0.25, 0.3) is 0 Å². The Balaban J connectivity index is 1.76. The molecule has 0 atom stereocenters. The quantitative estimate of drug-likeness (QED) is 0.657. The molecule has 152 valence electrons. The minimum Gasteiger partial charge on any atom is -0.326 e. The average molecular weight is 415 g/mol. The number of hydrogen-bond acceptors (Lipinski definition) is 4. The number of amides is 1. The summed E-state index contributed by atoms with van der Waals surface area (Å²) in [5, 5.41) is 12.7. The van der Waals surface area contributed by atoms with Crippen LogP contribution in [0.5, 0.6) is 0 Å². The Bertz CT molecular complexity index is 964. The first-order valence-corrected chi connectivity index (χ1v) is 7.94. The van der Waals surface area contributed by atoms with Crippen LogP contribution in [0, 0.1) is 0 Å². The molecule has 3 aromatic rings. The highest BCUT2D eigenvalue weighted by molar-refractivity contribution is 5.92. The van der Waals surface area contributed by atoms with Crippen LogP contribution in [-0.4, -0.2) is 26.1 Å². The number of carbonyl (C=O) groups excluding carboxylic acids is 1. The maximum Gasteiger partial charge on any atom is 0.416 e. The fourth-order valence-corrected chi connectivity index (χ4v) is 2.46. The van der Waals surface area contributed by atoms with Gasteiger partial charge in [0, 0.05) is 5.69 Å². The molecule has 12 heteroatoms. The molecule has 1 heterocycles. The maximum absolute atomic E-state index is 12.9. The first kappa shape index (κ1) is 20.3. The number of alkyl halides is 6. The Morgan fingerprint density at radius 2 is 1.52 bits per heavy atom. The van der Waals surface area contributed by atoms with E-state index in [2.05, 4.69) is 20.8 Å². The van der Waals surface area contributed by atoms with Crippen molar-refractivity contribution in [1.82, 2.24) is 20.2 Å². The highest BCUT2D eigenvalue weighted by Gasteiger charge is 2.37. The van der Waals surface area contributed by atoms with Crippen LogP contribution in [0.1, 0.15) is 16.7 Å². The number of aromatic nitrogens is 4. The molecule has 29 heavy (non-hydrogen) atoms. The summed E-state index contributed by atoms with van der Waals surface area (Å²) in [6.07, 6.45) is -8.89. The van der Waals surface area contributed by atoms with E-state index in [-0.39, 0.29) is 12.5 Å². The summed E-state index contributed by atoms with van der Waals surface area (Å²) in [6.45, 7) is 0. The van der Waals surface area contributed by atoms with Gasteiger partial charge in [-0.3, -0.25) is 4.79 Å². The molecule has 1 amide bonds. The van der Waals surface area contributed by atoms with Crippen molar-refractivity contribution in [3.8, 4) is 5.69 Å². The van der Waals surface area contributed by atoms with E-state index in [0.29, 0.717) is 23.4 Å². The van der Waals surface area contributed by atoms with Crippen LogP contribution in [0.2, 0.25) is 0 Å². The molecule has 0 fully saturated rings. The predicted molar refractivity (Wildman–Crippen MR) is 87.9 cm³/mol. The smallest absolute Gasteiger partial charge is 0.326 e. The molecular weight excluding hydrogens is 404 g/mol. The van der Waals surface area contributed by atoms with Crippen molar-refractivity contribution < 1.29 is 31.1 Å². The lowest BCUT2D eigenvalue weighted by Gasteiger charge is -2.15. The number of rotatable bonds is 4. The Morgan fingerprint density at radius 1 is 0.931 bits per heavy atom. The van der Waals surface area contributed by atoms with Gasteiger partial charge in [0.1, 0.15) is 6.33 Å². The third-order valence-corrected chi connectivity index (χ3v) is 3.79. The minimum atomic E-state index is -4.99. The number of carbonyl (C=O) groups is 1. The highest BCUT2D eigenvalue weighted by atomic mass is 19.4. The van der Waals surface area contributed by atoms with Gasteiger partial charge < -0.3 is 5.32 Å². The number of benzene rings is 2. The molecule has 6 nitrogen and oxygen atoms in total. The molecule has 2 aromatic carbocycles. The lowest BCUT2D eigenvalue weighted by molar-refractivity contribution is -0.143. The molecule has 0 radical (unpaired) electrons. The van der Waals surface area contributed by atoms with Crippen LogP contribution in [0.15, 0.2) is 48.8 Å². The van der Waals surface area contributed by atoms with Crippen LogP contribution >= 0.6 is 0 Å². The topological polar surface area (TPSA) is 72.7 Å². The zero-order valence-electron chi connectivity index (χ0n) is 14.3. The summed E-state index contributed by atoms with van der Waals surface area (Å²) in [7, 11) is 0. The van der Waals surface area contributed by atoms with Gasteiger partial charge in [-0.1, -0.05) is 12.1 Å². The molecule has 0 spiro atoms. The van der Waals surface area contributed by atoms with Crippen molar-refractivity contribution in [2.75, 3.05) is 5.32 Å². The zero-order valence-corrected chi connectivity index (χ0v) is 14.3. The van der Waals surface area contributed by atoms with Gasteiger partial charge in [0.05, 0.1) is 23.2 Å². The van der Waals surface area contributed by atoms with Crippen molar-refractivity contribution in [2.24, 2.45) is 0 Å². The monoisotopic (exact) mass is 415 g/mol. The average Bonchev–Trinajstić information content (AvgIpc) is 3.15. The third kappa shape index (κ3) is 5.09. The van der Waals surface area contributed by atoms with Crippen molar-refractivity contribution in [3.05, 3.63) is 65.5 Å². The van der Waals surface area contributed by atoms with E-state index in [9.17, 15) is 31.1 Å². The fourth-order valence-electron chi connectivity index (χ4n) is 2.46. The van der Waals surface area contributed by atoms with Gasteiger partial charge in [0.2, 0.25) is 5.91 Å². The van der Waals surface area contributed by atoms with Crippen LogP contribution in [-0.2, 0) is 23.6 Å². The molecule has 0 saturated heterocycles. The summed E-state index contributed by atoms with van der Waals surface area (Å²) in [4.78, 5) is 12.1. The molecule has 0 aliphatic rings. The van der Waals surface area contributed by atoms with E-state index >= 15 is 0 Å². The summed E-state index contributed by atoms with van der Waals surface area (Å²) in [5.74, 6) is -0.771. The van der Waals surface area contributed by atoms with Gasteiger partial charge in [-0.2, -0.15) is 26.3 Å². The second-order valence-corrected chi connectivity index (χ2v) is 5.94. The van der Waals surface area contributed by atoms with E-state index in [1.165, 1.54) is 11.0 Å². The number of tetrazole rings is 1. The summed E-state index contributed by atoms with van der Waals surface area (Å²) < 4.78 is 78.6. The van der Waals surface area contributed by atoms with Gasteiger partial charge >= 0.3 is 12.4 Å². The number of hydrogen-bond donors (Lipinski definition) is 1. The molecule has 0 bridgehead atoms. The Morgan fingerprint density at radius 3 is 2.00 bits per heavy atom. The molecule has 1 N–H and O–H groups in total. The van der Waals surface area contributed by atoms with E-state index in [1.54, 1.807) is 24.3 Å². The maximum atomic E-state index is 12.9. The SMILES string of the molecule is O=C(Cc1ccc(-n2cnnn2)cc1)Nc1cc(C(F)(F)F)cc(C(F)(F)F)c1. The molecular formula is C17H11F6N5O. The molecule has 0 unspecified atom stereocenters. The van der Waals surface area contributed by atoms with Crippen molar-refractivity contribution in [1.29, 1.82) is 0 Å². The van der Waals surface area contributed by atoms with Crippen LogP contribution in [0.4, 0.5) is 32.0 Å². The standard InChI is InChI=1S/C17H11F6N5O/c18-16(19,20)11-6-12(17(21,22)23)8-13(7-11)25-15(29)5-10-1-3-14(4-2-10)28-9-24-26-27-28/h1-4,6-9H,5H2,(H,25,29). The van der Waals surface area contributed by atoms with E-state index in [0.717, 1.165) is 0 Å². The molecule has 0 aliphatic heterocycles. The van der Waals surface area contributed by atoms with Crippen molar-refractivity contribution in [3.63, 3.8) is 0 Å².